The topological polar surface area (TPSA) is 74.2 Å². The average molecular weight is 310 g/mol. The van der Waals surface area contributed by atoms with Gasteiger partial charge in [0.2, 0.25) is 0 Å². The van der Waals surface area contributed by atoms with Crippen LogP contribution in [0.15, 0.2) is 18.2 Å². The standard InChI is InChI=1S/C16H22O6/c1-3-21-16(18)14(17)12-5-4-6-13(19-2)15(12)22-11-7-9-20-10-8-11/h4-6,11,14,17H,3,7-10H2,1-2H3. The number of ether oxygens (including phenoxy) is 4. The lowest BCUT2D eigenvalue weighted by molar-refractivity contribution is -0.153. The summed E-state index contributed by atoms with van der Waals surface area (Å²) >= 11 is 0. The first kappa shape index (κ1) is 16.6. The van der Waals surface area contributed by atoms with Crippen LogP contribution in [0.4, 0.5) is 0 Å². The van der Waals surface area contributed by atoms with E-state index in [9.17, 15) is 9.90 Å². The molecule has 0 saturated carbocycles. The molecule has 1 aliphatic rings. The lowest BCUT2D eigenvalue weighted by Crippen LogP contribution is -2.27. The molecule has 1 unspecified atom stereocenters. The number of esters is 1. The van der Waals surface area contributed by atoms with E-state index in [0.717, 1.165) is 12.8 Å². The van der Waals surface area contributed by atoms with E-state index >= 15 is 0 Å². The lowest BCUT2D eigenvalue weighted by atomic mass is 10.1. The Morgan fingerprint density at radius 1 is 1.41 bits per heavy atom. The number of aliphatic hydroxyl groups is 1. The summed E-state index contributed by atoms with van der Waals surface area (Å²) in [5.74, 6) is 0.164. The van der Waals surface area contributed by atoms with Crippen molar-refractivity contribution >= 4 is 5.97 Å². The summed E-state index contributed by atoms with van der Waals surface area (Å²) in [5, 5.41) is 10.2. The predicted molar refractivity (Wildman–Crippen MR) is 79.1 cm³/mol. The second kappa shape index (κ2) is 8.00. The van der Waals surface area contributed by atoms with Gasteiger partial charge in [-0.3, -0.25) is 0 Å². The maximum Gasteiger partial charge on any atom is 0.339 e. The van der Waals surface area contributed by atoms with Crippen LogP contribution in [0, 0.1) is 0 Å². The third-order valence-electron chi connectivity index (χ3n) is 3.49. The van der Waals surface area contributed by atoms with Crippen molar-refractivity contribution in [3.05, 3.63) is 23.8 Å². The molecule has 1 atom stereocenters. The van der Waals surface area contributed by atoms with Crippen LogP contribution < -0.4 is 9.47 Å². The van der Waals surface area contributed by atoms with Crippen LogP contribution in [0.2, 0.25) is 0 Å². The van der Waals surface area contributed by atoms with Crippen LogP contribution >= 0.6 is 0 Å². The van der Waals surface area contributed by atoms with Gasteiger partial charge in [0.05, 0.1) is 26.9 Å². The molecule has 1 fully saturated rings. The zero-order valence-corrected chi connectivity index (χ0v) is 12.9. The number of benzene rings is 1. The van der Waals surface area contributed by atoms with Crippen molar-refractivity contribution in [2.75, 3.05) is 26.9 Å². The van der Waals surface area contributed by atoms with Crippen LogP contribution in [0.25, 0.3) is 0 Å². The lowest BCUT2D eigenvalue weighted by Gasteiger charge is -2.26. The van der Waals surface area contributed by atoms with Crippen molar-refractivity contribution in [3.8, 4) is 11.5 Å². The second-order valence-electron chi connectivity index (χ2n) is 4.96. The molecular formula is C16H22O6. The Labute approximate surface area is 129 Å². The zero-order chi connectivity index (χ0) is 15.9. The Morgan fingerprint density at radius 3 is 2.77 bits per heavy atom. The summed E-state index contributed by atoms with van der Waals surface area (Å²) in [6, 6.07) is 5.07. The van der Waals surface area contributed by atoms with E-state index in [4.69, 9.17) is 18.9 Å². The molecule has 0 radical (unpaired) electrons. The van der Waals surface area contributed by atoms with Gasteiger partial charge in [-0.05, 0) is 13.0 Å². The van der Waals surface area contributed by atoms with Crippen molar-refractivity contribution in [1.29, 1.82) is 0 Å². The fraction of sp³-hybridized carbons (Fsp3) is 0.562. The van der Waals surface area contributed by atoms with Gasteiger partial charge < -0.3 is 24.1 Å². The summed E-state index contributed by atoms with van der Waals surface area (Å²) < 4.78 is 21.5. The molecule has 22 heavy (non-hydrogen) atoms. The highest BCUT2D eigenvalue weighted by atomic mass is 16.5. The van der Waals surface area contributed by atoms with Crippen molar-refractivity contribution in [3.63, 3.8) is 0 Å². The van der Waals surface area contributed by atoms with Crippen molar-refractivity contribution < 1.29 is 28.8 Å². The molecule has 1 aromatic rings. The van der Waals surface area contributed by atoms with E-state index in [1.807, 2.05) is 0 Å². The smallest absolute Gasteiger partial charge is 0.339 e. The monoisotopic (exact) mass is 310 g/mol. The van der Waals surface area contributed by atoms with E-state index in [0.29, 0.717) is 30.3 Å². The maximum absolute atomic E-state index is 11.8. The molecule has 1 N–H and O–H groups in total. The van der Waals surface area contributed by atoms with Gasteiger partial charge in [-0.2, -0.15) is 0 Å². The number of methoxy groups -OCH3 is 1. The minimum atomic E-state index is -1.40. The Kier molecular flexibility index (Phi) is 6.03. The SMILES string of the molecule is CCOC(=O)C(O)c1cccc(OC)c1OC1CCOCC1. The van der Waals surface area contributed by atoms with Crippen LogP contribution in [0.5, 0.6) is 11.5 Å². The number of hydrogen-bond acceptors (Lipinski definition) is 6. The Hall–Kier alpha value is -1.79. The molecule has 1 heterocycles. The summed E-state index contributed by atoms with van der Waals surface area (Å²) in [4.78, 5) is 11.8. The number of hydrogen-bond donors (Lipinski definition) is 1. The van der Waals surface area contributed by atoms with Gasteiger partial charge in [0.1, 0.15) is 6.10 Å². The summed E-state index contributed by atoms with van der Waals surface area (Å²) in [6.07, 6.45) is 0.0862. The van der Waals surface area contributed by atoms with Crippen LogP contribution in [-0.4, -0.2) is 44.1 Å². The third kappa shape index (κ3) is 3.90. The van der Waals surface area contributed by atoms with Crippen molar-refractivity contribution in [2.24, 2.45) is 0 Å². The molecule has 2 rings (SSSR count). The van der Waals surface area contributed by atoms with Crippen LogP contribution in [0.3, 0.4) is 0 Å². The van der Waals surface area contributed by atoms with Gasteiger partial charge >= 0.3 is 5.97 Å². The summed E-state index contributed by atoms with van der Waals surface area (Å²) in [5.41, 5.74) is 0.351. The zero-order valence-electron chi connectivity index (χ0n) is 12.9. The van der Waals surface area contributed by atoms with Crippen LogP contribution in [-0.2, 0) is 14.3 Å². The van der Waals surface area contributed by atoms with E-state index in [1.165, 1.54) is 7.11 Å². The highest BCUT2D eigenvalue weighted by Crippen LogP contribution is 2.37. The molecule has 122 valence electrons. The molecule has 1 aliphatic heterocycles. The molecule has 6 nitrogen and oxygen atoms in total. The minimum absolute atomic E-state index is 0.0294. The van der Waals surface area contributed by atoms with Gasteiger partial charge in [0, 0.05) is 18.4 Å². The molecule has 1 saturated heterocycles. The Bertz CT molecular complexity index is 495. The summed E-state index contributed by atoms with van der Waals surface area (Å²) in [6.45, 7) is 3.16. The largest absolute Gasteiger partial charge is 0.493 e. The van der Waals surface area contributed by atoms with Gasteiger partial charge in [0.25, 0.3) is 0 Å². The van der Waals surface area contributed by atoms with E-state index in [2.05, 4.69) is 0 Å². The molecule has 0 amide bonds. The van der Waals surface area contributed by atoms with E-state index in [-0.39, 0.29) is 12.7 Å². The van der Waals surface area contributed by atoms with Gasteiger partial charge in [-0.15, -0.1) is 0 Å². The van der Waals surface area contributed by atoms with Crippen molar-refractivity contribution in [2.45, 2.75) is 32.0 Å². The number of rotatable bonds is 6. The fourth-order valence-electron chi connectivity index (χ4n) is 2.34. The van der Waals surface area contributed by atoms with Gasteiger partial charge in [-0.1, -0.05) is 12.1 Å². The average Bonchev–Trinajstić information content (AvgIpc) is 2.55. The van der Waals surface area contributed by atoms with Gasteiger partial charge in [0.15, 0.2) is 17.6 Å². The first-order valence-corrected chi connectivity index (χ1v) is 7.43. The number of aliphatic hydroxyl groups excluding tert-OH is 1. The molecule has 0 aromatic heterocycles. The van der Waals surface area contributed by atoms with E-state index < -0.39 is 12.1 Å². The molecular weight excluding hydrogens is 288 g/mol. The van der Waals surface area contributed by atoms with Crippen molar-refractivity contribution in [1.82, 2.24) is 0 Å². The molecule has 0 bridgehead atoms. The summed E-state index contributed by atoms with van der Waals surface area (Å²) in [7, 11) is 1.52. The highest BCUT2D eigenvalue weighted by Gasteiger charge is 2.27. The highest BCUT2D eigenvalue weighted by molar-refractivity contribution is 5.77. The van der Waals surface area contributed by atoms with E-state index in [1.54, 1.807) is 25.1 Å². The quantitative estimate of drug-likeness (QED) is 0.808. The number of para-hydroxylation sites is 1. The van der Waals surface area contributed by atoms with Gasteiger partial charge in [-0.25, -0.2) is 4.79 Å². The number of carbonyl (C=O) groups is 1. The Balaban J connectivity index is 2.26. The Morgan fingerprint density at radius 2 is 2.14 bits per heavy atom. The molecule has 0 spiro atoms. The second-order valence-corrected chi connectivity index (χ2v) is 4.96. The third-order valence-corrected chi connectivity index (χ3v) is 3.49. The van der Waals surface area contributed by atoms with Crippen LogP contribution in [0.1, 0.15) is 31.4 Å². The maximum atomic E-state index is 11.8. The molecule has 6 heteroatoms. The first-order chi connectivity index (χ1) is 10.7. The first-order valence-electron chi connectivity index (χ1n) is 7.43. The molecule has 1 aromatic carbocycles. The molecule has 0 aliphatic carbocycles. The predicted octanol–water partition coefficient (Wildman–Crippen LogP) is 1.85. The normalized spacial score (nSPS) is 16.9. The number of carbonyl (C=O) groups excluding carboxylic acids is 1. The fourth-order valence-corrected chi connectivity index (χ4v) is 2.34. The minimum Gasteiger partial charge on any atom is -0.493 e.